The van der Waals surface area contributed by atoms with E-state index in [0.29, 0.717) is 6.54 Å². The van der Waals surface area contributed by atoms with Crippen LogP contribution in [0.15, 0.2) is 24.3 Å². The van der Waals surface area contributed by atoms with E-state index in [0.717, 1.165) is 11.3 Å². The number of methoxy groups -OCH3 is 1. The lowest BCUT2D eigenvalue weighted by Crippen LogP contribution is -2.40. The third kappa shape index (κ3) is 3.75. The van der Waals surface area contributed by atoms with E-state index in [1.165, 1.54) is 0 Å². The molecule has 17 heavy (non-hydrogen) atoms. The highest BCUT2D eigenvalue weighted by Gasteiger charge is 2.20. The minimum Gasteiger partial charge on any atom is -0.496 e. The van der Waals surface area contributed by atoms with E-state index in [4.69, 9.17) is 9.84 Å². The highest BCUT2D eigenvalue weighted by Crippen LogP contribution is 2.17. The number of hydrogen-bond donors (Lipinski definition) is 2. The van der Waals surface area contributed by atoms with Crippen molar-refractivity contribution < 1.29 is 14.6 Å². The maximum atomic E-state index is 11.0. The monoisotopic (exact) mass is 237 g/mol. The van der Waals surface area contributed by atoms with E-state index in [-0.39, 0.29) is 5.92 Å². The Bertz CT molecular complexity index is 377. The van der Waals surface area contributed by atoms with Crippen LogP contribution in [0.1, 0.15) is 19.4 Å². The molecule has 1 atom stereocenters. The van der Waals surface area contributed by atoms with Crippen molar-refractivity contribution in [2.24, 2.45) is 5.92 Å². The summed E-state index contributed by atoms with van der Waals surface area (Å²) in [7, 11) is 1.61. The molecule has 1 rings (SSSR count). The third-order valence-electron chi connectivity index (χ3n) is 2.64. The van der Waals surface area contributed by atoms with Gasteiger partial charge in [-0.1, -0.05) is 32.0 Å². The maximum Gasteiger partial charge on any atom is 0.320 e. The van der Waals surface area contributed by atoms with E-state index in [9.17, 15) is 4.79 Å². The summed E-state index contributed by atoms with van der Waals surface area (Å²) in [6.07, 6.45) is 0. The third-order valence-corrected chi connectivity index (χ3v) is 2.64. The van der Waals surface area contributed by atoms with Gasteiger partial charge in [0.1, 0.15) is 11.8 Å². The van der Waals surface area contributed by atoms with Gasteiger partial charge in [-0.05, 0) is 12.0 Å². The van der Waals surface area contributed by atoms with Crippen molar-refractivity contribution in [1.29, 1.82) is 0 Å². The molecule has 0 heterocycles. The summed E-state index contributed by atoms with van der Waals surface area (Å²) >= 11 is 0. The smallest absolute Gasteiger partial charge is 0.320 e. The van der Waals surface area contributed by atoms with Crippen molar-refractivity contribution in [1.82, 2.24) is 5.32 Å². The van der Waals surface area contributed by atoms with Crippen molar-refractivity contribution in [3.05, 3.63) is 29.8 Å². The lowest BCUT2D eigenvalue weighted by atomic mass is 10.0. The molecule has 1 aromatic carbocycles. The molecule has 0 aliphatic carbocycles. The van der Waals surface area contributed by atoms with Gasteiger partial charge in [0.15, 0.2) is 0 Å². The molecular weight excluding hydrogens is 218 g/mol. The molecule has 4 heteroatoms. The molecule has 0 fully saturated rings. The molecule has 2 N–H and O–H groups in total. The number of carboxylic acid groups (broad SMARTS) is 1. The van der Waals surface area contributed by atoms with Gasteiger partial charge in [-0.3, -0.25) is 10.1 Å². The van der Waals surface area contributed by atoms with Gasteiger partial charge in [-0.25, -0.2) is 0 Å². The fourth-order valence-corrected chi connectivity index (χ4v) is 1.68. The first kappa shape index (κ1) is 13.5. The lowest BCUT2D eigenvalue weighted by molar-refractivity contribution is -0.140. The van der Waals surface area contributed by atoms with Crippen LogP contribution in [0.2, 0.25) is 0 Å². The number of aliphatic carboxylic acids is 1. The number of carboxylic acids is 1. The lowest BCUT2D eigenvalue weighted by Gasteiger charge is -2.18. The summed E-state index contributed by atoms with van der Waals surface area (Å²) in [5, 5.41) is 12.1. The van der Waals surface area contributed by atoms with E-state index in [1.54, 1.807) is 7.11 Å². The largest absolute Gasteiger partial charge is 0.496 e. The van der Waals surface area contributed by atoms with Crippen LogP contribution in [0.5, 0.6) is 5.75 Å². The second-order valence-corrected chi connectivity index (χ2v) is 4.25. The molecule has 0 amide bonds. The van der Waals surface area contributed by atoms with Crippen molar-refractivity contribution >= 4 is 5.97 Å². The highest BCUT2D eigenvalue weighted by molar-refractivity contribution is 5.73. The van der Waals surface area contributed by atoms with Crippen molar-refractivity contribution in [3.8, 4) is 5.75 Å². The predicted octanol–water partition coefficient (Wildman–Crippen LogP) is 1.89. The molecule has 0 aliphatic rings. The minimum absolute atomic E-state index is 0.0437. The number of ether oxygens (including phenoxy) is 1. The number of nitrogens with one attached hydrogen (secondary N) is 1. The molecule has 0 unspecified atom stereocenters. The Labute approximate surface area is 102 Å². The van der Waals surface area contributed by atoms with E-state index in [2.05, 4.69) is 5.32 Å². The molecule has 0 spiro atoms. The Balaban J connectivity index is 2.68. The normalized spacial score (nSPS) is 12.5. The first-order valence-electron chi connectivity index (χ1n) is 5.64. The van der Waals surface area contributed by atoms with Crippen molar-refractivity contribution in [2.75, 3.05) is 7.11 Å². The molecule has 94 valence electrons. The number of rotatable bonds is 6. The quantitative estimate of drug-likeness (QED) is 0.793. The first-order valence-corrected chi connectivity index (χ1v) is 5.64. The van der Waals surface area contributed by atoms with Crippen LogP contribution >= 0.6 is 0 Å². The molecule has 0 saturated heterocycles. The van der Waals surface area contributed by atoms with Gasteiger partial charge in [-0.2, -0.15) is 0 Å². The summed E-state index contributed by atoms with van der Waals surface area (Å²) in [5.41, 5.74) is 0.960. The van der Waals surface area contributed by atoms with Crippen LogP contribution < -0.4 is 10.1 Å². The average Bonchev–Trinajstić information content (AvgIpc) is 2.29. The number of hydrogen-bond acceptors (Lipinski definition) is 3. The standard InChI is InChI=1S/C13H19NO3/c1-9(2)12(13(15)16)14-8-10-6-4-5-7-11(10)17-3/h4-7,9,12,14H,8H2,1-3H3,(H,15,16)/t12-/m0/s1. The molecule has 0 radical (unpaired) electrons. The second kappa shape index (κ2) is 6.25. The number of carbonyl (C=O) groups is 1. The average molecular weight is 237 g/mol. The van der Waals surface area contributed by atoms with Crippen LogP contribution in [-0.2, 0) is 11.3 Å². The zero-order valence-electron chi connectivity index (χ0n) is 10.4. The van der Waals surface area contributed by atoms with Crippen LogP contribution in [0.3, 0.4) is 0 Å². The van der Waals surface area contributed by atoms with Gasteiger partial charge in [0, 0.05) is 12.1 Å². The molecule has 0 aliphatic heterocycles. The summed E-state index contributed by atoms with van der Waals surface area (Å²) in [4.78, 5) is 11.0. The summed E-state index contributed by atoms with van der Waals surface area (Å²) in [6.45, 7) is 4.25. The topological polar surface area (TPSA) is 58.6 Å². The summed E-state index contributed by atoms with van der Waals surface area (Å²) < 4.78 is 5.21. The predicted molar refractivity (Wildman–Crippen MR) is 66.1 cm³/mol. The van der Waals surface area contributed by atoms with Gasteiger partial charge in [0.25, 0.3) is 0 Å². The first-order chi connectivity index (χ1) is 8.06. The Kier molecular flexibility index (Phi) is 4.97. The molecule has 0 saturated carbocycles. The number of para-hydroxylation sites is 1. The highest BCUT2D eigenvalue weighted by atomic mass is 16.5. The van der Waals surface area contributed by atoms with Gasteiger partial charge < -0.3 is 9.84 Å². The van der Waals surface area contributed by atoms with Gasteiger partial charge in [0.2, 0.25) is 0 Å². The molecule has 0 bridgehead atoms. The SMILES string of the molecule is COc1ccccc1CN[C@H](C(=O)O)C(C)C. The van der Waals surface area contributed by atoms with Crippen LogP contribution in [0.4, 0.5) is 0 Å². The fourth-order valence-electron chi connectivity index (χ4n) is 1.68. The number of benzene rings is 1. The Morgan fingerprint density at radius 3 is 2.59 bits per heavy atom. The van der Waals surface area contributed by atoms with E-state index < -0.39 is 12.0 Å². The summed E-state index contributed by atoms with van der Waals surface area (Å²) in [5.74, 6) is -0.00926. The van der Waals surface area contributed by atoms with Gasteiger partial charge in [-0.15, -0.1) is 0 Å². The Hall–Kier alpha value is -1.55. The van der Waals surface area contributed by atoms with Crippen molar-refractivity contribution in [3.63, 3.8) is 0 Å². The molecular formula is C13H19NO3. The van der Waals surface area contributed by atoms with Crippen molar-refractivity contribution in [2.45, 2.75) is 26.4 Å². The van der Waals surface area contributed by atoms with Crippen LogP contribution in [-0.4, -0.2) is 24.2 Å². The van der Waals surface area contributed by atoms with Crippen LogP contribution in [0, 0.1) is 5.92 Å². The second-order valence-electron chi connectivity index (χ2n) is 4.25. The molecule has 1 aromatic rings. The zero-order chi connectivity index (χ0) is 12.8. The maximum absolute atomic E-state index is 11.0. The molecule has 0 aromatic heterocycles. The van der Waals surface area contributed by atoms with E-state index >= 15 is 0 Å². The van der Waals surface area contributed by atoms with Crippen LogP contribution in [0.25, 0.3) is 0 Å². The molecule has 4 nitrogen and oxygen atoms in total. The zero-order valence-corrected chi connectivity index (χ0v) is 10.4. The van der Waals surface area contributed by atoms with E-state index in [1.807, 2.05) is 38.1 Å². The Morgan fingerprint density at radius 1 is 1.41 bits per heavy atom. The van der Waals surface area contributed by atoms with Gasteiger partial charge in [0.05, 0.1) is 7.11 Å². The Morgan fingerprint density at radius 2 is 2.06 bits per heavy atom. The minimum atomic E-state index is -0.824. The van der Waals surface area contributed by atoms with Gasteiger partial charge >= 0.3 is 5.97 Å². The fraction of sp³-hybridized carbons (Fsp3) is 0.462. The summed E-state index contributed by atoms with van der Waals surface area (Å²) in [6, 6.07) is 7.04.